The molecule has 0 saturated carbocycles. The minimum absolute atomic E-state index is 0.160. The molecule has 2 aromatic rings. The molecule has 2 amide bonds. The first-order valence-electron chi connectivity index (χ1n) is 10.5. The Bertz CT molecular complexity index is 1040. The summed E-state index contributed by atoms with van der Waals surface area (Å²) in [6, 6.07) is 13.0. The zero-order chi connectivity index (χ0) is 24.6. The van der Waals surface area contributed by atoms with Gasteiger partial charge in [0.15, 0.2) is 0 Å². The summed E-state index contributed by atoms with van der Waals surface area (Å²) in [6.07, 6.45) is 1.80. The smallest absolute Gasteiger partial charge is 0.244 e. The van der Waals surface area contributed by atoms with Gasteiger partial charge in [0, 0.05) is 17.6 Å². The van der Waals surface area contributed by atoms with Gasteiger partial charge in [0.1, 0.15) is 18.3 Å². The van der Waals surface area contributed by atoms with Gasteiger partial charge in [-0.05, 0) is 55.3 Å². The molecule has 1 unspecified atom stereocenters. The number of ether oxygens (including phenoxy) is 1. The maximum absolute atomic E-state index is 13.4. The number of amides is 2. The SMILES string of the molecule is CCCNC(=O)C(C)N(Cc1ccc(Br)cc1)C(=O)CN(c1ccc(OC)cc1)S(C)(=O)=O. The van der Waals surface area contributed by atoms with Gasteiger partial charge in [-0.15, -0.1) is 0 Å². The van der Waals surface area contributed by atoms with Crippen LogP contribution in [0.4, 0.5) is 5.69 Å². The molecule has 1 atom stereocenters. The highest BCUT2D eigenvalue weighted by Crippen LogP contribution is 2.22. The lowest BCUT2D eigenvalue weighted by atomic mass is 10.1. The first-order chi connectivity index (χ1) is 15.6. The van der Waals surface area contributed by atoms with E-state index < -0.39 is 28.5 Å². The van der Waals surface area contributed by atoms with Gasteiger partial charge in [-0.25, -0.2) is 8.42 Å². The Kier molecular flexibility index (Phi) is 9.72. The Hall–Kier alpha value is -2.59. The van der Waals surface area contributed by atoms with Crippen molar-refractivity contribution in [3.05, 3.63) is 58.6 Å². The zero-order valence-corrected chi connectivity index (χ0v) is 21.6. The lowest BCUT2D eigenvalue weighted by molar-refractivity contribution is -0.139. The summed E-state index contributed by atoms with van der Waals surface area (Å²) >= 11 is 3.38. The molecule has 0 fully saturated rings. The van der Waals surface area contributed by atoms with E-state index in [1.165, 1.54) is 12.0 Å². The largest absolute Gasteiger partial charge is 0.497 e. The van der Waals surface area contributed by atoms with Crippen LogP contribution in [-0.4, -0.2) is 57.6 Å². The maximum atomic E-state index is 13.4. The van der Waals surface area contributed by atoms with Crippen molar-refractivity contribution in [3.63, 3.8) is 0 Å². The highest BCUT2D eigenvalue weighted by Gasteiger charge is 2.30. The summed E-state index contributed by atoms with van der Waals surface area (Å²) in [5, 5.41) is 2.80. The standard InChI is InChI=1S/C23H30BrN3O5S/c1-5-14-25-23(29)17(2)26(15-18-6-8-19(24)9-7-18)22(28)16-27(33(4,30)31)20-10-12-21(32-3)13-11-20/h6-13,17H,5,14-16H2,1-4H3,(H,25,29). The van der Waals surface area contributed by atoms with Crippen LogP contribution in [0.5, 0.6) is 5.75 Å². The minimum Gasteiger partial charge on any atom is -0.497 e. The van der Waals surface area contributed by atoms with Crippen LogP contribution in [0.3, 0.4) is 0 Å². The number of nitrogens with one attached hydrogen (secondary N) is 1. The molecule has 0 spiro atoms. The summed E-state index contributed by atoms with van der Waals surface area (Å²) < 4.78 is 32.1. The molecule has 2 aromatic carbocycles. The minimum atomic E-state index is -3.77. The number of sulfonamides is 1. The van der Waals surface area contributed by atoms with Crippen molar-refractivity contribution in [3.8, 4) is 5.75 Å². The van der Waals surface area contributed by atoms with Crippen molar-refractivity contribution in [2.45, 2.75) is 32.9 Å². The Labute approximate surface area is 204 Å². The summed E-state index contributed by atoms with van der Waals surface area (Å²) in [5.74, 6) is -0.215. The molecule has 8 nitrogen and oxygen atoms in total. The van der Waals surface area contributed by atoms with Gasteiger partial charge in [0.25, 0.3) is 0 Å². The number of anilines is 1. The number of hydrogen-bond acceptors (Lipinski definition) is 5. The molecule has 1 N–H and O–H groups in total. The van der Waals surface area contributed by atoms with Crippen LogP contribution in [0.25, 0.3) is 0 Å². The number of carbonyl (C=O) groups excluding carboxylic acids is 2. The van der Waals surface area contributed by atoms with E-state index in [4.69, 9.17) is 4.74 Å². The average Bonchev–Trinajstić information content (AvgIpc) is 2.79. The fourth-order valence-corrected chi connectivity index (χ4v) is 4.24. The number of benzene rings is 2. The molecule has 0 heterocycles. The normalized spacial score (nSPS) is 12.0. The molecule has 0 aliphatic heterocycles. The third kappa shape index (κ3) is 7.75. The number of carbonyl (C=O) groups is 2. The highest BCUT2D eigenvalue weighted by molar-refractivity contribution is 9.10. The van der Waals surface area contributed by atoms with Crippen molar-refractivity contribution >= 4 is 43.5 Å². The first kappa shape index (κ1) is 26.7. The number of rotatable bonds is 11. The fourth-order valence-electron chi connectivity index (χ4n) is 3.13. The van der Waals surface area contributed by atoms with Crippen LogP contribution in [0, 0.1) is 0 Å². The van der Waals surface area contributed by atoms with Crippen molar-refractivity contribution in [2.24, 2.45) is 0 Å². The number of hydrogen-bond donors (Lipinski definition) is 1. The van der Waals surface area contributed by atoms with Gasteiger partial charge in [0.2, 0.25) is 21.8 Å². The molecule has 180 valence electrons. The van der Waals surface area contributed by atoms with E-state index in [1.807, 2.05) is 31.2 Å². The molecule has 0 radical (unpaired) electrons. The third-order valence-electron chi connectivity index (χ3n) is 5.02. The molecule has 0 aliphatic rings. The second-order valence-electron chi connectivity index (χ2n) is 7.58. The summed E-state index contributed by atoms with van der Waals surface area (Å²) in [4.78, 5) is 27.4. The lowest BCUT2D eigenvalue weighted by Crippen LogP contribution is -2.51. The molecule has 0 aromatic heterocycles. The van der Waals surface area contributed by atoms with Crippen LogP contribution >= 0.6 is 15.9 Å². The summed E-state index contributed by atoms with van der Waals surface area (Å²) in [6.45, 7) is 3.79. The Balaban J connectivity index is 2.34. The molecule has 0 aliphatic carbocycles. The van der Waals surface area contributed by atoms with Gasteiger partial charge in [-0.3, -0.25) is 13.9 Å². The molecular weight excluding hydrogens is 510 g/mol. The molecule has 10 heteroatoms. The van der Waals surface area contributed by atoms with Crippen LogP contribution in [-0.2, 0) is 26.2 Å². The predicted octanol–water partition coefficient (Wildman–Crippen LogP) is 3.17. The molecule has 33 heavy (non-hydrogen) atoms. The van der Waals surface area contributed by atoms with Gasteiger partial charge in [-0.2, -0.15) is 0 Å². The average molecular weight is 540 g/mol. The first-order valence-corrected chi connectivity index (χ1v) is 13.1. The van der Waals surface area contributed by atoms with Gasteiger partial charge in [0.05, 0.1) is 19.1 Å². The number of nitrogens with zero attached hydrogens (tertiary/aromatic N) is 2. The Morgan fingerprint density at radius 2 is 1.70 bits per heavy atom. The van der Waals surface area contributed by atoms with E-state index in [0.29, 0.717) is 18.0 Å². The van der Waals surface area contributed by atoms with Gasteiger partial charge < -0.3 is 15.0 Å². The lowest BCUT2D eigenvalue weighted by Gasteiger charge is -2.31. The number of methoxy groups -OCH3 is 1. The number of halogens is 1. The predicted molar refractivity (Wildman–Crippen MR) is 133 cm³/mol. The van der Waals surface area contributed by atoms with Crippen molar-refractivity contribution in [1.29, 1.82) is 0 Å². The highest BCUT2D eigenvalue weighted by atomic mass is 79.9. The maximum Gasteiger partial charge on any atom is 0.244 e. The van der Waals surface area contributed by atoms with Gasteiger partial charge in [-0.1, -0.05) is 35.0 Å². The van der Waals surface area contributed by atoms with E-state index in [2.05, 4.69) is 21.2 Å². The van der Waals surface area contributed by atoms with Crippen LogP contribution in [0.1, 0.15) is 25.8 Å². The third-order valence-corrected chi connectivity index (χ3v) is 6.69. The van der Waals surface area contributed by atoms with Crippen LogP contribution in [0.15, 0.2) is 53.0 Å². The van der Waals surface area contributed by atoms with E-state index in [1.54, 1.807) is 31.2 Å². The van der Waals surface area contributed by atoms with E-state index in [-0.39, 0.29) is 12.5 Å². The van der Waals surface area contributed by atoms with Gasteiger partial charge >= 0.3 is 0 Å². The Morgan fingerprint density at radius 3 is 2.21 bits per heavy atom. The van der Waals surface area contributed by atoms with Crippen LogP contribution in [0.2, 0.25) is 0 Å². The topological polar surface area (TPSA) is 96.0 Å². The monoisotopic (exact) mass is 539 g/mol. The van der Waals surface area contributed by atoms with E-state index in [0.717, 1.165) is 27.0 Å². The summed E-state index contributed by atoms with van der Waals surface area (Å²) in [7, 11) is -2.25. The second kappa shape index (κ2) is 12.0. The molecular formula is C23H30BrN3O5S. The molecule has 2 rings (SSSR count). The molecule has 0 bridgehead atoms. The van der Waals surface area contributed by atoms with E-state index in [9.17, 15) is 18.0 Å². The quantitative estimate of drug-likeness (QED) is 0.473. The Morgan fingerprint density at radius 1 is 1.09 bits per heavy atom. The second-order valence-corrected chi connectivity index (χ2v) is 10.4. The van der Waals surface area contributed by atoms with Crippen molar-refractivity contribution < 1.29 is 22.7 Å². The van der Waals surface area contributed by atoms with E-state index >= 15 is 0 Å². The zero-order valence-electron chi connectivity index (χ0n) is 19.2. The fraction of sp³-hybridized carbons (Fsp3) is 0.391. The van der Waals surface area contributed by atoms with Crippen molar-refractivity contribution in [2.75, 3.05) is 30.8 Å². The van der Waals surface area contributed by atoms with Crippen LogP contribution < -0.4 is 14.4 Å². The molecule has 0 saturated heterocycles. The summed E-state index contributed by atoms with van der Waals surface area (Å²) in [5.41, 5.74) is 1.15. The van der Waals surface area contributed by atoms with Crippen molar-refractivity contribution in [1.82, 2.24) is 10.2 Å².